The number of hydrazone groups is 1. The Bertz CT molecular complexity index is 300. The first-order valence-electron chi connectivity index (χ1n) is 3.93. The number of hydrazine groups is 2. The Morgan fingerprint density at radius 3 is 2.75 bits per heavy atom. The molecule has 0 aromatic heterocycles. The summed E-state index contributed by atoms with van der Waals surface area (Å²) in [6.07, 6.45) is 4.16. The van der Waals surface area contributed by atoms with Crippen molar-refractivity contribution in [2.45, 2.75) is 13.8 Å². The van der Waals surface area contributed by atoms with E-state index in [1.165, 1.54) is 11.3 Å². The van der Waals surface area contributed by atoms with E-state index >= 15 is 0 Å². The normalized spacial score (nSPS) is 22.6. The van der Waals surface area contributed by atoms with E-state index in [4.69, 9.17) is 0 Å². The van der Waals surface area contributed by atoms with Gasteiger partial charge < -0.3 is 0 Å². The van der Waals surface area contributed by atoms with Crippen LogP contribution in [0.25, 0.3) is 0 Å². The molecule has 0 saturated heterocycles. The summed E-state index contributed by atoms with van der Waals surface area (Å²) in [4.78, 5) is 0. The van der Waals surface area contributed by atoms with Crippen molar-refractivity contribution in [2.24, 2.45) is 5.10 Å². The first-order chi connectivity index (χ1) is 5.70. The van der Waals surface area contributed by atoms with Gasteiger partial charge in [0.1, 0.15) is 0 Å². The molecule has 2 rings (SSSR count). The number of fused-ring (bicyclic) bond motifs is 1. The third-order valence-corrected chi connectivity index (χ3v) is 2.06. The first kappa shape index (κ1) is 7.36. The van der Waals surface area contributed by atoms with E-state index in [1.807, 2.05) is 17.2 Å². The second-order valence-corrected chi connectivity index (χ2v) is 3.03. The minimum absolute atomic E-state index is 0.984. The number of rotatable bonds is 0. The molecule has 1 N–H and O–H groups in total. The minimum atomic E-state index is 0.984. The van der Waals surface area contributed by atoms with Crippen LogP contribution in [0.1, 0.15) is 13.8 Å². The van der Waals surface area contributed by atoms with E-state index in [2.05, 4.69) is 36.6 Å². The molecule has 2 aliphatic heterocycles. The zero-order valence-corrected chi connectivity index (χ0v) is 7.50. The Balaban J connectivity index is 2.42. The van der Waals surface area contributed by atoms with E-state index < -0.39 is 0 Å². The van der Waals surface area contributed by atoms with Crippen molar-refractivity contribution in [1.29, 1.82) is 0 Å². The van der Waals surface area contributed by atoms with Gasteiger partial charge in [0.15, 0.2) is 5.84 Å². The van der Waals surface area contributed by atoms with E-state index in [1.54, 1.807) is 0 Å². The van der Waals surface area contributed by atoms with E-state index in [0.717, 1.165) is 5.84 Å². The topological polar surface area (TPSA) is 30.9 Å². The molecule has 0 bridgehead atoms. The average molecular weight is 164 g/mol. The van der Waals surface area contributed by atoms with E-state index in [0.29, 0.717) is 0 Å². The molecule has 0 fully saturated rings. The van der Waals surface area contributed by atoms with Crippen molar-refractivity contribution in [3.05, 3.63) is 23.4 Å². The smallest absolute Gasteiger partial charge is 0.173 e. The fourth-order valence-electron chi connectivity index (χ4n) is 1.40. The Morgan fingerprint density at radius 1 is 1.33 bits per heavy atom. The number of nitrogens with zero attached hydrogens (tertiary/aromatic N) is 3. The van der Waals surface area contributed by atoms with E-state index in [9.17, 15) is 0 Å². The highest BCUT2D eigenvalue weighted by Crippen LogP contribution is 2.20. The largest absolute Gasteiger partial charge is 0.241 e. The second-order valence-electron chi connectivity index (χ2n) is 3.03. The van der Waals surface area contributed by atoms with Gasteiger partial charge in [-0.3, -0.25) is 0 Å². The van der Waals surface area contributed by atoms with E-state index in [-0.39, 0.29) is 0 Å². The van der Waals surface area contributed by atoms with Gasteiger partial charge >= 0.3 is 0 Å². The molecule has 0 unspecified atom stereocenters. The molecule has 2 heterocycles. The Hall–Kier alpha value is -1.29. The summed E-state index contributed by atoms with van der Waals surface area (Å²) < 4.78 is 0. The average Bonchev–Trinajstić information content (AvgIpc) is 2.42. The minimum Gasteiger partial charge on any atom is -0.241 e. The lowest BCUT2D eigenvalue weighted by atomic mass is 10.2. The predicted molar refractivity (Wildman–Crippen MR) is 47.7 cm³/mol. The fourth-order valence-corrected chi connectivity index (χ4v) is 1.40. The van der Waals surface area contributed by atoms with Gasteiger partial charge in [0, 0.05) is 12.7 Å². The van der Waals surface area contributed by atoms with Crippen molar-refractivity contribution < 1.29 is 0 Å². The van der Waals surface area contributed by atoms with Crippen LogP contribution in [0.4, 0.5) is 0 Å². The molecule has 0 aromatic rings. The summed E-state index contributed by atoms with van der Waals surface area (Å²) in [5.41, 5.74) is 5.24. The monoisotopic (exact) mass is 164 g/mol. The Labute approximate surface area is 71.8 Å². The third kappa shape index (κ3) is 0.848. The van der Waals surface area contributed by atoms with Gasteiger partial charge in [-0.1, -0.05) is 6.08 Å². The molecule has 2 aliphatic rings. The van der Waals surface area contributed by atoms with Crippen LogP contribution in [0.3, 0.4) is 0 Å². The van der Waals surface area contributed by atoms with Crippen LogP contribution in [-0.4, -0.2) is 23.0 Å². The highest BCUT2D eigenvalue weighted by Gasteiger charge is 2.26. The lowest BCUT2D eigenvalue weighted by Gasteiger charge is -2.28. The molecule has 0 aliphatic carbocycles. The number of allylic oxidation sites excluding steroid dienone is 3. The number of hydrogen-bond donors (Lipinski definition) is 1. The van der Waals surface area contributed by atoms with Gasteiger partial charge in [0.2, 0.25) is 0 Å². The van der Waals surface area contributed by atoms with Crippen molar-refractivity contribution in [1.82, 2.24) is 15.7 Å². The van der Waals surface area contributed by atoms with Crippen molar-refractivity contribution in [2.75, 3.05) is 7.05 Å². The number of hydrogen-bond acceptors (Lipinski definition) is 4. The summed E-state index contributed by atoms with van der Waals surface area (Å²) in [6.45, 7) is 4.11. The van der Waals surface area contributed by atoms with Gasteiger partial charge in [-0.25, -0.2) is 10.5 Å². The van der Waals surface area contributed by atoms with Crippen LogP contribution in [0.5, 0.6) is 0 Å². The van der Waals surface area contributed by atoms with Crippen LogP contribution >= 0.6 is 0 Å². The highest BCUT2D eigenvalue weighted by molar-refractivity contribution is 6.00. The molecule has 0 spiro atoms. The number of nitrogens with one attached hydrogen (secondary N) is 1. The molecule has 0 saturated carbocycles. The molecule has 0 amide bonds. The maximum atomic E-state index is 4.18. The molecule has 0 aromatic carbocycles. The predicted octanol–water partition coefficient (Wildman–Crippen LogP) is 0.831. The van der Waals surface area contributed by atoms with Crippen LogP contribution in [0.2, 0.25) is 0 Å². The van der Waals surface area contributed by atoms with Crippen molar-refractivity contribution in [3.63, 3.8) is 0 Å². The van der Waals surface area contributed by atoms with Gasteiger partial charge in [-0.05, 0) is 25.5 Å². The molecule has 64 valence electrons. The molecule has 0 atom stereocenters. The molecular formula is C8H12N4. The lowest BCUT2D eigenvalue weighted by Crippen LogP contribution is -2.42. The summed E-state index contributed by atoms with van der Waals surface area (Å²) in [5, 5.41) is 8.08. The van der Waals surface area contributed by atoms with Gasteiger partial charge in [0.05, 0.1) is 0 Å². The van der Waals surface area contributed by atoms with Gasteiger partial charge in [0.25, 0.3) is 0 Å². The Morgan fingerprint density at radius 2 is 2.08 bits per heavy atom. The highest BCUT2D eigenvalue weighted by atomic mass is 15.9. The molecule has 4 heteroatoms. The van der Waals surface area contributed by atoms with Crippen LogP contribution in [0, 0.1) is 0 Å². The lowest BCUT2D eigenvalue weighted by molar-refractivity contribution is 0.0795. The van der Waals surface area contributed by atoms with Crippen molar-refractivity contribution in [3.8, 4) is 0 Å². The Kier molecular flexibility index (Phi) is 1.44. The maximum Gasteiger partial charge on any atom is 0.173 e. The summed E-state index contributed by atoms with van der Waals surface area (Å²) in [7, 11) is 1.94. The van der Waals surface area contributed by atoms with Gasteiger partial charge in [-0.15, -0.1) is 10.2 Å². The molecule has 0 radical (unpaired) electrons. The third-order valence-electron chi connectivity index (χ3n) is 2.06. The maximum absolute atomic E-state index is 4.18. The SMILES string of the molecule is CC1=CC=C(C)N2C1=NNN2C. The zero-order chi connectivity index (χ0) is 8.72. The molecule has 12 heavy (non-hydrogen) atoms. The standard InChI is InChI=1S/C8H12N4/c1-6-4-5-7(2)12-8(6)9-10-11(12)3/h4-5,10H,1-3H3. The van der Waals surface area contributed by atoms with Gasteiger partial charge in [-0.2, -0.15) is 0 Å². The zero-order valence-electron chi connectivity index (χ0n) is 7.50. The molecular weight excluding hydrogens is 152 g/mol. The van der Waals surface area contributed by atoms with Crippen LogP contribution in [0.15, 0.2) is 28.5 Å². The fraction of sp³-hybridized carbons (Fsp3) is 0.375. The summed E-state index contributed by atoms with van der Waals surface area (Å²) in [6, 6.07) is 0. The van der Waals surface area contributed by atoms with Crippen LogP contribution < -0.4 is 5.53 Å². The first-order valence-corrected chi connectivity index (χ1v) is 3.93. The summed E-state index contributed by atoms with van der Waals surface area (Å²) in [5.74, 6) is 0.984. The van der Waals surface area contributed by atoms with Crippen molar-refractivity contribution >= 4 is 5.84 Å². The molecule has 4 nitrogen and oxygen atoms in total. The summed E-state index contributed by atoms with van der Waals surface area (Å²) >= 11 is 0. The second kappa shape index (κ2) is 2.35. The number of amidine groups is 1. The van der Waals surface area contributed by atoms with Crippen LogP contribution in [-0.2, 0) is 0 Å². The quantitative estimate of drug-likeness (QED) is 0.575.